The molecule has 2 rings (SSSR count). The van der Waals surface area contributed by atoms with Gasteiger partial charge in [-0.2, -0.15) is 11.8 Å². The van der Waals surface area contributed by atoms with Crippen molar-refractivity contribution < 1.29 is 8.42 Å². The molecule has 0 radical (unpaired) electrons. The highest BCUT2D eigenvalue weighted by molar-refractivity contribution is 14.0. The molecule has 1 aliphatic rings. The Hall–Kier alpha value is 0.0600. The first-order chi connectivity index (χ1) is 10.9. The normalized spacial score (nSPS) is 15.9. The van der Waals surface area contributed by atoms with Crippen molar-refractivity contribution in [3.8, 4) is 0 Å². The second-order valence-electron chi connectivity index (χ2n) is 4.79. The number of sulfonamides is 1. The number of guanidine groups is 1. The third-order valence-electron chi connectivity index (χ3n) is 3.22. The van der Waals surface area contributed by atoms with Crippen LogP contribution in [-0.4, -0.2) is 57.0 Å². The van der Waals surface area contributed by atoms with Crippen LogP contribution < -0.4 is 10.5 Å². The fourth-order valence-electron chi connectivity index (χ4n) is 2.01. The Morgan fingerprint density at radius 3 is 2.67 bits per heavy atom. The van der Waals surface area contributed by atoms with Gasteiger partial charge in [0.15, 0.2) is 5.96 Å². The lowest BCUT2D eigenvalue weighted by molar-refractivity contribution is 0.456. The van der Waals surface area contributed by atoms with E-state index >= 15 is 0 Å². The van der Waals surface area contributed by atoms with Gasteiger partial charge >= 0.3 is 0 Å². The van der Waals surface area contributed by atoms with Crippen molar-refractivity contribution in [2.75, 3.05) is 37.7 Å². The molecule has 0 amide bonds. The number of nitrogens with two attached hydrogens (primary N) is 1. The predicted octanol–water partition coefficient (Wildman–Crippen LogP) is 2.25. The topological polar surface area (TPSA) is 87.8 Å². The van der Waals surface area contributed by atoms with Crippen LogP contribution in [0.3, 0.4) is 0 Å². The highest BCUT2D eigenvalue weighted by Crippen LogP contribution is 2.28. The van der Waals surface area contributed by atoms with Gasteiger partial charge in [-0.3, -0.25) is 4.99 Å². The number of thioether (sulfide) groups is 1. The summed E-state index contributed by atoms with van der Waals surface area (Å²) < 4.78 is 26.9. The van der Waals surface area contributed by atoms with Crippen molar-refractivity contribution in [1.82, 2.24) is 9.62 Å². The summed E-state index contributed by atoms with van der Waals surface area (Å²) >= 11 is 13.7. The average Bonchev–Trinajstić information content (AvgIpc) is 2.54. The molecule has 1 aromatic carbocycles. The molecule has 0 saturated carbocycles. The van der Waals surface area contributed by atoms with E-state index in [1.807, 2.05) is 16.7 Å². The van der Waals surface area contributed by atoms with Gasteiger partial charge in [-0.05, 0) is 12.1 Å². The van der Waals surface area contributed by atoms with Gasteiger partial charge in [0.05, 0.1) is 16.6 Å². The lowest BCUT2D eigenvalue weighted by Gasteiger charge is -2.27. The lowest BCUT2D eigenvalue weighted by atomic mass is 10.4. The molecule has 1 fully saturated rings. The van der Waals surface area contributed by atoms with E-state index in [-0.39, 0.29) is 52.0 Å². The van der Waals surface area contributed by atoms with Crippen molar-refractivity contribution in [3.05, 3.63) is 28.2 Å². The fraction of sp³-hybridized carbons (Fsp3) is 0.462. The number of benzene rings is 1. The Labute approximate surface area is 173 Å². The molecular weight excluding hydrogens is 506 g/mol. The minimum atomic E-state index is -3.73. The van der Waals surface area contributed by atoms with E-state index in [2.05, 4.69) is 9.71 Å². The van der Waals surface area contributed by atoms with Gasteiger partial charge in [-0.1, -0.05) is 29.3 Å². The minimum Gasteiger partial charge on any atom is -0.370 e. The number of hydrogen-bond acceptors (Lipinski definition) is 4. The molecule has 11 heteroatoms. The van der Waals surface area contributed by atoms with E-state index < -0.39 is 10.0 Å². The van der Waals surface area contributed by atoms with E-state index in [1.165, 1.54) is 18.2 Å². The van der Waals surface area contributed by atoms with E-state index in [0.717, 1.165) is 24.6 Å². The molecule has 0 unspecified atom stereocenters. The number of hydrogen-bond donors (Lipinski definition) is 2. The summed E-state index contributed by atoms with van der Waals surface area (Å²) in [6.45, 7) is 2.12. The third-order valence-corrected chi connectivity index (χ3v) is 6.60. The van der Waals surface area contributed by atoms with Gasteiger partial charge in [0.1, 0.15) is 4.90 Å². The van der Waals surface area contributed by atoms with Crippen LogP contribution in [0.1, 0.15) is 0 Å². The highest BCUT2D eigenvalue weighted by atomic mass is 127. The molecule has 136 valence electrons. The van der Waals surface area contributed by atoms with Crippen LogP contribution in [0.15, 0.2) is 28.1 Å². The number of aliphatic imine (C=N–C) groups is 1. The van der Waals surface area contributed by atoms with Gasteiger partial charge in [-0.25, -0.2) is 13.1 Å². The Balaban J connectivity index is 0.00000288. The summed E-state index contributed by atoms with van der Waals surface area (Å²) in [4.78, 5) is 6.16. The molecule has 0 atom stereocenters. The Morgan fingerprint density at radius 2 is 2.00 bits per heavy atom. The van der Waals surface area contributed by atoms with Crippen molar-refractivity contribution >= 4 is 74.9 Å². The lowest BCUT2D eigenvalue weighted by Crippen LogP contribution is -2.43. The van der Waals surface area contributed by atoms with Crippen LogP contribution in [0.4, 0.5) is 0 Å². The molecule has 1 aliphatic heterocycles. The van der Waals surface area contributed by atoms with Crippen molar-refractivity contribution in [2.45, 2.75) is 4.90 Å². The van der Waals surface area contributed by atoms with Crippen molar-refractivity contribution in [1.29, 1.82) is 0 Å². The maximum atomic E-state index is 12.2. The van der Waals surface area contributed by atoms with Crippen LogP contribution in [0.5, 0.6) is 0 Å². The molecule has 0 bridgehead atoms. The van der Waals surface area contributed by atoms with Gasteiger partial charge in [0.25, 0.3) is 0 Å². The van der Waals surface area contributed by atoms with Crippen molar-refractivity contribution in [2.24, 2.45) is 10.7 Å². The first-order valence-electron chi connectivity index (χ1n) is 6.98. The van der Waals surface area contributed by atoms with Crippen LogP contribution >= 0.6 is 58.9 Å². The standard InChI is InChI=1S/C13H18Cl2N4O2S2.HI/c14-10-2-1-3-11(12(10)15)23(20,21)18-5-4-17-13(16)19-6-8-22-9-7-19;/h1-3,18H,4-9H2,(H2,16,17);1H. The summed E-state index contributed by atoms with van der Waals surface area (Å²) in [5, 5.41) is 0.204. The number of nitrogens with zero attached hydrogens (tertiary/aromatic N) is 2. The number of halogens is 3. The molecular formula is C13H19Cl2IN4O2S2. The maximum Gasteiger partial charge on any atom is 0.242 e. The largest absolute Gasteiger partial charge is 0.370 e. The van der Waals surface area contributed by atoms with E-state index in [4.69, 9.17) is 28.9 Å². The molecule has 1 heterocycles. The molecule has 6 nitrogen and oxygen atoms in total. The predicted molar refractivity (Wildman–Crippen MR) is 112 cm³/mol. The molecule has 0 aliphatic carbocycles. The molecule has 3 N–H and O–H groups in total. The van der Waals surface area contributed by atoms with Crippen LogP contribution in [0.2, 0.25) is 10.0 Å². The second kappa shape index (κ2) is 10.3. The minimum absolute atomic E-state index is 0. The van der Waals surface area contributed by atoms with Gasteiger partial charge < -0.3 is 10.6 Å². The summed E-state index contributed by atoms with van der Waals surface area (Å²) in [5.41, 5.74) is 5.90. The quantitative estimate of drug-likeness (QED) is 0.267. The zero-order chi connectivity index (χ0) is 16.9. The Kier molecular flexibility index (Phi) is 9.46. The van der Waals surface area contributed by atoms with Crippen molar-refractivity contribution in [3.63, 3.8) is 0 Å². The SMILES string of the molecule is I.NC(=NCCNS(=O)(=O)c1cccc(Cl)c1Cl)N1CCSCC1. The second-order valence-corrected chi connectivity index (χ2v) is 8.53. The van der Waals surface area contributed by atoms with Gasteiger partial charge in [-0.15, -0.1) is 24.0 Å². The number of nitrogens with one attached hydrogen (secondary N) is 1. The summed E-state index contributed by atoms with van der Waals surface area (Å²) in [7, 11) is -3.73. The Morgan fingerprint density at radius 1 is 1.33 bits per heavy atom. The van der Waals surface area contributed by atoms with E-state index in [1.54, 1.807) is 0 Å². The summed E-state index contributed by atoms with van der Waals surface area (Å²) in [6.07, 6.45) is 0. The van der Waals surface area contributed by atoms with Crippen LogP contribution in [0.25, 0.3) is 0 Å². The first kappa shape index (κ1) is 22.1. The molecule has 0 aromatic heterocycles. The Bertz CT molecular complexity index is 683. The monoisotopic (exact) mass is 524 g/mol. The van der Waals surface area contributed by atoms with Crippen LogP contribution in [-0.2, 0) is 10.0 Å². The van der Waals surface area contributed by atoms with Crippen LogP contribution in [0, 0.1) is 0 Å². The smallest absolute Gasteiger partial charge is 0.242 e. The molecule has 1 saturated heterocycles. The average molecular weight is 525 g/mol. The van der Waals surface area contributed by atoms with E-state index in [0.29, 0.717) is 5.96 Å². The molecule has 1 aromatic rings. The summed E-state index contributed by atoms with van der Waals surface area (Å²) in [6, 6.07) is 4.47. The number of rotatable bonds is 5. The summed E-state index contributed by atoms with van der Waals surface area (Å²) in [5.74, 6) is 2.50. The highest BCUT2D eigenvalue weighted by Gasteiger charge is 2.19. The molecule has 0 spiro atoms. The van der Waals surface area contributed by atoms with Gasteiger partial charge in [0, 0.05) is 31.1 Å². The maximum absolute atomic E-state index is 12.2. The zero-order valence-electron chi connectivity index (χ0n) is 12.7. The third kappa shape index (κ3) is 6.10. The fourth-order valence-corrected chi connectivity index (χ4v) is 4.70. The first-order valence-corrected chi connectivity index (χ1v) is 10.4. The zero-order valence-corrected chi connectivity index (χ0v) is 18.2. The molecule has 24 heavy (non-hydrogen) atoms. The van der Waals surface area contributed by atoms with E-state index in [9.17, 15) is 8.42 Å². The van der Waals surface area contributed by atoms with Gasteiger partial charge in [0.2, 0.25) is 10.0 Å².